The summed E-state index contributed by atoms with van der Waals surface area (Å²) in [7, 11) is 0. The Morgan fingerprint density at radius 1 is 1.47 bits per heavy atom. The molecule has 0 fully saturated rings. The Kier molecular flexibility index (Phi) is 3.63. The summed E-state index contributed by atoms with van der Waals surface area (Å²) in [6.07, 6.45) is 2.96. The molecular formula is C10H8ClIN4O. The topological polar surface area (TPSA) is 73.8 Å². The van der Waals surface area contributed by atoms with Gasteiger partial charge < -0.3 is 5.73 Å². The van der Waals surface area contributed by atoms with Crippen LogP contribution >= 0.6 is 34.2 Å². The number of hydrogen-bond donors (Lipinski definition) is 1. The number of nitrogens with zero attached hydrogens (tertiary/aromatic N) is 3. The molecule has 0 saturated heterocycles. The average molecular weight is 363 g/mol. The van der Waals surface area contributed by atoms with Crippen LogP contribution in [-0.4, -0.2) is 14.5 Å². The molecule has 0 unspecified atom stereocenters. The molecule has 0 saturated carbocycles. The van der Waals surface area contributed by atoms with Gasteiger partial charge in [0, 0.05) is 6.20 Å². The molecule has 2 aromatic rings. The third-order valence-corrected chi connectivity index (χ3v) is 3.20. The van der Waals surface area contributed by atoms with Crippen LogP contribution in [0, 0.1) is 3.57 Å². The van der Waals surface area contributed by atoms with Gasteiger partial charge in [-0.3, -0.25) is 9.36 Å². The predicted octanol–water partition coefficient (Wildman–Crippen LogP) is 1.53. The van der Waals surface area contributed by atoms with Crippen molar-refractivity contribution in [1.82, 2.24) is 14.5 Å². The van der Waals surface area contributed by atoms with Crippen molar-refractivity contribution in [2.75, 3.05) is 5.73 Å². The summed E-state index contributed by atoms with van der Waals surface area (Å²) in [5, 5.41) is 0.477. The van der Waals surface area contributed by atoms with Crippen LogP contribution < -0.4 is 11.3 Å². The van der Waals surface area contributed by atoms with Crippen LogP contribution in [0.2, 0.25) is 5.02 Å². The van der Waals surface area contributed by atoms with E-state index in [0.29, 0.717) is 20.1 Å². The summed E-state index contributed by atoms with van der Waals surface area (Å²) < 4.78 is 1.99. The highest BCUT2D eigenvalue weighted by atomic mass is 127. The zero-order valence-electron chi connectivity index (χ0n) is 8.60. The van der Waals surface area contributed by atoms with Crippen molar-refractivity contribution in [2.24, 2.45) is 0 Å². The van der Waals surface area contributed by atoms with E-state index in [-0.39, 0.29) is 12.1 Å². The van der Waals surface area contributed by atoms with E-state index >= 15 is 0 Å². The van der Waals surface area contributed by atoms with E-state index in [1.54, 1.807) is 12.1 Å². The Morgan fingerprint density at radius 3 is 3.00 bits per heavy atom. The number of pyridine rings is 1. The first-order valence-electron chi connectivity index (χ1n) is 4.69. The first-order valence-corrected chi connectivity index (χ1v) is 6.14. The molecule has 5 nitrogen and oxygen atoms in total. The lowest BCUT2D eigenvalue weighted by Gasteiger charge is -2.07. The monoisotopic (exact) mass is 362 g/mol. The highest BCUT2D eigenvalue weighted by Gasteiger charge is 2.06. The maximum atomic E-state index is 11.8. The molecule has 0 aliphatic heterocycles. The third kappa shape index (κ3) is 2.75. The Labute approximate surface area is 116 Å². The third-order valence-electron chi connectivity index (χ3n) is 2.12. The normalized spacial score (nSPS) is 10.5. The molecule has 88 valence electrons. The van der Waals surface area contributed by atoms with E-state index in [0.717, 1.165) is 0 Å². The van der Waals surface area contributed by atoms with Crippen LogP contribution in [0.15, 0.2) is 29.5 Å². The SMILES string of the molecule is Nc1ccc(Cl)c(Cn2cncc(I)c2=O)n1. The fraction of sp³-hybridized carbons (Fsp3) is 0.100. The summed E-state index contributed by atoms with van der Waals surface area (Å²) in [5.41, 5.74) is 6.00. The van der Waals surface area contributed by atoms with Gasteiger partial charge in [-0.2, -0.15) is 0 Å². The van der Waals surface area contributed by atoms with E-state index in [2.05, 4.69) is 9.97 Å². The highest BCUT2D eigenvalue weighted by molar-refractivity contribution is 14.1. The minimum absolute atomic E-state index is 0.124. The predicted molar refractivity (Wildman–Crippen MR) is 74.0 cm³/mol. The zero-order valence-corrected chi connectivity index (χ0v) is 11.5. The van der Waals surface area contributed by atoms with Crippen LogP contribution in [0.3, 0.4) is 0 Å². The lowest BCUT2D eigenvalue weighted by Crippen LogP contribution is -2.23. The molecule has 0 aliphatic carbocycles. The Balaban J connectivity index is 2.41. The second kappa shape index (κ2) is 5.01. The fourth-order valence-electron chi connectivity index (χ4n) is 1.31. The number of anilines is 1. The highest BCUT2D eigenvalue weighted by Crippen LogP contribution is 2.15. The van der Waals surface area contributed by atoms with Gasteiger partial charge in [-0.25, -0.2) is 9.97 Å². The number of rotatable bonds is 2. The second-order valence-electron chi connectivity index (χ2n) is 3.34. The van der Waals surface area contributed by atoms with Gasteiger partial charge in [0.1, 0.15) is 5.82 Å². The summed E-state index contributed by atoms with van der Waals surface area (Å²) in [4.78, 5) is 19.8. The number of aromatic nitrogens is 3. The molecule has 2 heterocycles. The summed E-state index contributed by atoms with van der Waals surface area (Å²) in [6, 6.07) is 3.27. The van der Waals surface area contributed by atoms with Gasteiger partial charge in [-0.15, -0.1) is 0 Å². The zero-order chi connectivity index (χ0) is 12.4. The smallest absolute Gasteiger partial charge is 0.267 e. The molecule has 17 heavy (non-hydrogen) atoms. The van der Waals surface area contributed by atoms with Crippen LogP contribution in [-0.2, 0) is 6.54 Å². The van der Waals surface area contributed by atoms with Crippen molar-refractivity contribution in [3.63, 3.8) is 0 Å². The van der Waals surface area contributed by atoms with Crippen molar-refractivity contribution in [1.29, 1.82) is 0 Å². The lowest BCUT2D eigenvalue weighted by molar-refractivity contribution is 0.715. The molecule has 0 bridgehead atoms. The Morgan fingerprint density at radius 2 is 2.24 bits per heavy atom. The number of hydrogen-bond acceptors (Lipinski definition) is 4. The van der Waals surface area contributed by atoms with Gasteiger partial charge in [-0.05, 0) is 34.7 Å². The van der Waals surface area contributed by atoms with Gasteiger partial charge in [0.15, 0.2) is 0 Å². The summed E-state index contributed by atoms with van der Waals surface area (Å²) in [5.74, 6) is 0.371. The minimum atomic E-state index is -0.124. The van der Waals surface area contributed by atoms with E-state index in [9.17, 15) is 4.79 Å². The maximum absolute atomic E-state index is 11.8. The molecule has 0 amide bonds. The van der Waals surface area contributed by atoms with E-state index in [4.69, 9.17) is 17.3 Å². The molecule has 7 heteroatoms. The van der Waals surface area contributed by atoms with Crippen LogP contribution in [0.1, 0.15) is 5.69 Å². The van der Waals surface area contributed by atoms with E-state index < -0.39 is 0 Å². The molecule has 2 rings (SSSR count). The molecule has 2 aromatic heterocycles. The average Bonchev–Trinajstić information content (AvgIpc) is 2.30. The van der Waals surface area contributed by atoms with Gasteiger partial charge in [0.2, 0.25) is 0 Å². The van der Waals surface area contributed by atoms with Crippen molar-refractivity contribution >= 4 is 40.0 Å². The maximum Gasteiger partial charge on any atom is 0.267 e. The van der Waals surface area contributed by atoms with Crippen LogP contribution in [0.5, 0.6) is 0 Å². The van der Waals surface area contributed by atoms with Crippen molar-refractivity contribution < 1.29 is 0 Å². The fourth-order valence-corrected chi connectivity index (χ4v) is 1.95. The minimum Gasteiger partial charge on any atom is -0.384 e. The van der Waals surface area contributed by atoms with Gasteiger partial charge in [0.05, 0.1) is 27.2 Å². The standard InChI is InChI=1S/C10H8ClIN4O/c11-6-1-2-9(13)15-8(6)4-16-5-14-3-7(12)10(16)17/h1-3,5H,4H2,(H2,13,15). The van der Waals surface area contributed by atoms with Crippen molar-refractivity contribution in [2.45, 2.75) is 6.54 Å². The molecule has 0 aliphatic rings. The van der Waals surface area contributed by atoms with Gasteiger partial charge in [-0.1, -0.05) is 11.6 Å². The molecule has 2 N–H and O–H groups in total. The summed E-state index contributed by atoms with van der Waals surface area (Å²) in [6.45, 7) is 0.256. The molecule has 0 atom stereocenters. The molecule has 0 aromatic carbocycles. The van der Waals surface area contributed by atoms with Gasteiger partial charge in [0.25, 0.3) is 5.56 Å². The van der Waals surface area contributed by atoms with E-state index in [1.165, 1.54) is 17.1 Å². The molecular weight excluding hydrogens is 354 g/mol. The quantitative estimate of drug-likeness (QED) is 0.822. The Bertz CT molecular complexity index is 613. The van der Waals surface area contributed by atoms with Crippen molar-refractivity contribution in [3.8, 4) is 0 Å². The molecule has 0 radical (unpaired) electrons. The first kappa shape index (κ1) is 12.3. The van der Waals surface area contributed by atoms with Crippen molar-refractivity contribution in [3.05, 3.63) is 49.3 Å². The van der Waals surface area contributed by atoms with Crippen LogP contribution in [0.4, 0.5) is 5.82 Å². The summed E-state index contributed by atoms with van der Waals surface area (Å²) >= 11 is 7.92. The Hall–Kier alpha value is -1.15. The lowest BCUT2D eigenvalue weighted by atomic mass is 10.3. The number of halogens is 2. The van der Waals surface area contributed by atoms with Crippen LogP contribution in [0.25, 0.3) is 0 Å². The first-order chi connectivity index (χ1) is 8.08. The number of nitrogen functional groups attached to an aromatic ring is 1. The number of nitrogens with two attached hydrogens (primary N) is 1. The largest absolute Gasteiger partial charge is 0.384 e. The second-order valence-corrected chi connectivity index (χ2v) is 4.91. The van der Waals surface area contributed by atoms with E-state index in [1.807, 2.05) is 22.6 Å². The molecule has 0 spiro atoms. The van der Waals surface area contributed by atoms with Gasteiger partial charge >= 0.3 is 0 Å².